The van der Waals surface area contributed by atoms with Crippen LogP contribution in [-0.2, 0) is 0 Å². The molecular formula is C17H27FN2O. The number of piperidine rings is 1. The van der Waals surface area contributed by atoms with Crippen molar-refractivity contribution >= 4 is 0 Å². The van der Waals surface area contributed by atoms with Gasteiger partial charge in [0.2, 0.25) is 0 Å². The van der Waals surface area contributed by atoms with Crippen molar-refractivity contribution in [1.82, 2.24) is 4.90 Å². The van der Waals surface area contributed by atoms with Gasteiger partial charge in [-0.3, -0.25) is 4.90 Å². The highest BCUT2D eigenvalue weighted by molar-refractivity contribution is 5.22. The summed E-state index contributed by atoms with van der Waals surface area (Å²) in [6.07, 6.45) is 3.98. The van der Waals surface area contributed by atoms with Crippen LogP contribution in [0.1, 0.15) is 44.2 Å². The first-order valence-electron chi connectivity index (χ1n) is 8.01. The summed E-state index contributed by atoms with van der Waals surface area (Å²) in [5.74, 6) is 0.314. The fraction of sp³-hybridized carbons (Fsp3) is 0.647. The molecule has 1 aliphatic rings. The number of benzene rings is 1. The number of rotatable bonds is 6. The van der Waals surface area contributed by atoms with Gasteiger partial charge in [-0.25, -0.2) is 4.39 Å². The highest BCUT2D eigenvalue weighted by Gasteiger charge is 2.30. The number of nitrogens with zero attached hydrogens (tertiary/aromatic N) is 1. The second-order valence-corrected chi connectivity index (χ2v) is 6.09. The first kappa shape index (κ1) is 16.4. The normalized spacial score (nSPS) is 23.0. The molecule has 0 aliphatic carbocycles. The summed E-state index contributed by atoms with van der Waals surface area (Å²) >= 11 is 0. The van der Waals surface area contributed by atoms with Gasteiger partial charge in [0.25, 0.3) is 0 Å². The van der Waals surface area contributed by atoms with E-state index in [2.05, 4.69) is 11.8 Å². The maximum absolute atomic E-state index is 13.6. The molecule has 1 fully saturated rings. The lowest BCUT2D eigenvalue weighted by molar-refractivity contribution is 0.0929. The second kappa shape index (κ2) is 7.87. The zero-order valence-corrected chi connectivity index (χ0v) is 12.8. The van der Waals surface area contributed by atoms with Crippen molar-refractivity contribution in [2.24, 2.45) is 11.7 Å². The number of hydrogen-bond donors (Lipinski definition) is 2. The molecule has 3 atom stereocenters. The monoisotopic (exact) mass is 294 g/mol. The lowest BCUT2D eigenvalue weighted by Gasteiger charge is -2.41. The third kappa shape index (κ3) is 4.25. The van der Waals surface area contributed by atoms with E-state index in [9.17, 15) is 4.39 Å². The van der Waals surface area contributed by atoms with Crippen LogP contribution in [-0.4, -0.2) is 35.7 Å². The Morgan fingerprint density at radius 1 is 1.48 bits per heavy atom. The SMILES string of the molecule is CCC(N)C(c1cccc(F)c1)N1CCCC(CCO)C1. The molecule has 0 amide bonds. The fourth-order valence-electron chi connectivity index (χ4n) is 3.41. The molecule has 1 aromatic carbocycles. The molecule has 1 saturated heterocycles. The van der Waals surface area contributed by atoms with Crippen LogP contribution >= 0.6 is 0 Å². The first-order valence-corrected chi connectivity index (χ1v) is 8.01. The van der Waals surface area contributed by atoms with Crippen LogP contribution in [0.25, 0.3) is 0 Å². The molecule has 0 bridgehead atoms. The van der Waals surface area contributed by atoms with E-state index in [-0.39, 0.29) is 24.5 Å². The van der Waals surface area contributed by atoms with Gasteiger partial charge >= 0.3 is 0 Å². The summed E-state index contributed by atoms with van der Waals surface area (Å²) < 4.78 is 13.6. The van der Waals surface area contributed by atoms with Gasteiger partial charge in [0.15, 0.2) is 0 Å². The number of nitrogens with two attached hydrogens (primary N) is 1. The summed E-state index contributed by atoms with van der Waals surface area (Å²) in [5, 5.41) is 9.16. The van der Waals surface area contributed by atoms with Gasteiger partial charge in [-0.2, -0.15) is 0 Å². The zero-order valence-electron chi connectivity index (χ0n) is 12.8. The Morgan fingerprint density at radius 3 is 2.95 bits per heavy atom. The summed E-state index contributed by atoms with van der Waals surface area (Å²) in [5.41, 5.74) is 7.30. The molecule has 0 radical (unpaired) electrons. The molecule has 21 heavy (non-hydrogen) atoms. The van der Waals surface area contributed by atoms with Gasteiger partial charge in [-0.1, -0.05) is 19.1 Å². The van der Waals surface area contributed by atoms with Crippen LogP contribution < -0.4 is 5.73 Å². The maximum atomic E-state index is 13.6. The Hall–Kier alpha value is -0.970. The van der Waals surface area contributed by atoms with Crippen molar-refractivity contribution in [3.63, 3.8) is 0 Å². The summed E-state index contributed by atoms with van der Waals surface area (Å²) in [6, 6.07) is 6.87. The van der Waals surface area contributed by atoms with Crippen LogP contribution in [0.3, 0.4) is 0 Å². The lowest BCUT2D eigenvalue weighted by Crippen LogP contribution is -2.45. The molecule has 3 nitrogen and oxygen atoms in total. The Bertz CT molecular complexity index is 439. The highest BCUT2D eigenvalue weighted by atomic mass is 19.1. The van der Waals surface area contributed by atoms with Crippen LogP contribution in [0.2, 0.25) is 0 Å². The minimum absolute atomic E-state index is 0.000300. The maximum Gasteiger partial charge on any atom is 0.123 e. The molecule has 4 heteroatoms. The number of hydrogen-bond acceptors (Lipinski definition) is 3. The lowest BCUT2D eigenvalue weighted by atomic mass is 9.89. The number of aliphatic hydroxyl groups is 1. The van der Waals surface area contributed by atoms with E-state index in [0.29, 0.717) is 5.92 Å². The standard InChI is InChI=1S/C17H27FN2O/c1-2-16(19)17(14-6-3-7-15(18)11-14)20-9-4-5-13(12-20)8-10-21/h3,6-7,11,13,16-17,21H,2,4-5,8-10,12,19H2,1H3. The van der Waals surface area contributed by atoms with Gasteiger partial charge in [0.05, 0.1) is 0 Å². The van der Waals surface area contributed by atoms with Gasteiger partial charge in [-0.15, -0.1) is 0 Å². The number of aliphatic hydroxyl groups excluding tert-OH is 1. The fourth-order valence-corrected chi connectivity index (χ4v) is 3.41. The van der Waals surface area contributed by atoms with E-state index in [1.165, 1.54) is 6.07 Å². The molecule has 0 aromatic heterocycles. The summed E-state index contributed by atoms with van der Waals surface area (Å²) in [7, 11) is 0. The smallest absolute Gasteiger partial charge is 0.123 e. The molecule has 0 saturated carbocycles. The van der Waals surface area contributed by atoms with Crippen LogP contribution in [0.4, 0.5) is 4.39 Å². The Kier molecular flexibility index (Phi) is 6.15. The van der Waals surface area contributed by atoms with Crippen molar-refractivity contribution in [2.45, 2.75) is 44.7 Å². The van der Waals surface area contributed by atoms with Crippen molar-refractivity contribution in [3.8, 4) is 0 Å². The van der Waals surface area contributed by atoms with Crippen molar-refractivity contribution in [1.29, 1.82) is 0 Å². The molecule has 118 valence electrons. The Morgan fingerprint density at radius 2 is 2.29 bits per heavy atom. The van der Waals surface area contributed by atoms with E-state index >= 15 is 0 Å². The molecule has 1 aromatic rings. The largest absolute Gasteiger partial charge is 0.396 e. The van der Waals surface area contributed by atoms with E-state index in [4.69, 9.17) is 10.8 Å². The minimum atomic E-state index is -0.204. The number of likely N-dealkylation sites (tertiary alicyclic amines) is 1. The quantitative estimate of drug-likeness (QED) is 0.848. The average molecular weight is 294 g/mol. The van der Waals surface area contributed by atoms with Gasteiger partial charge in [0.1, 0.15) is 5.82 Å². The van der Waals surface area contributed by atoms with E-state index in [1.54, 1.807) is 12.1 Å². The minimum Gasteiger partial charge on any atom is -0.396 e. The Labute approximate surface area is 126 Å². The third-order valence-electron chi connectivity index (χ3n) is 4.55. The van der Waals surface area contributed by atoms with Gasteiger partial charge in [0, 0.05) is 25.2 Å². The first-order chi connectivity index (χ1) is 10.2. The van der Waals surface area contributed by atoms with E-state index < -0.39 is 0 Å². The number of halogens is 1. The summed E-state index contributed by atoms with van der Waals surface area (Å²) in [6.45, 7) is 4.25. The van der Waals surface area contributed by atoms with E-state index in [1.807, 2.05) is 6.07 Å². The average Bonchev–Trinajstić information content (AvgIpc) is 2.48. The zero-order chi connectivity index (χ0) is 15.2. The molecule has 1 aliphatic heterocycles. The van der Waals surface area contributed by atoms with E-state index in [0.717, 1.165) is 44.3 Å². The molecular weight excluding hydrogens is 267 g/mol. The molecule has 2 rings (SSSR count). The van der Waals surface area contributed by atoms with Crippen molar-refractivity contribution in [2.75, 3.05) is 19.7 Å². The topological polar surface area (TPSA) is 49.5 Å². The van der Waals surface area contributed by atoms with Crippen molar-refractivity contribution < 1.29 is 9.50 Å². The molecule has 0 spiro atoms. The van der Waals surface area contributed by atoms with Crippen LogP contribution in [0.5, 0.6) is 0 Å². The third-order valence-corrected chi connectivity index (χ3v) is 4.55. The van der Waals surface area contributed by atoms with Crippen molar-refractivity contribution in [3.05, 3.63) is 35.6 Å². The predicted octanol–water partition coefficient (Wildman–Crippen LogP) is 2.70. The predicted molar refractivity (Wildman–Crippen MR) is 83.4 cm³/mol. The van der Waals surface area contributed by atoms with Gasteiger partial charge in [-0.05, 0) is 55.8 Å². The second-order valence-electron chi connectivity index (χ2n) is 6.09. The van der Waals surface area contributed by atoms with Crippen LogP contribution in [0.15, 0.2) is 24.3 Å². The molecule has 3 unspecified atom stereocenters. The van der Waals surface area contributed by atoms with Crippen LogP contribution in [0, 0.1) is 11.7 Å². The molecule has 3 N–H and O–H groups in total. The highest BCUT2D eigenvalue weighted by Crippen LogP contribution is 2.31. The Balaban J connectivity index is 2.19. The summed E-state index contributed by atoms with van der Waals surface area (Å²) in [4.78, 5) is 2.38. The molecule has 1 heterocycles. The van der Waals surface area contributed by atoms with Gasteiger partial charge < -0.3 is 10.8 Å².